The zero-order valence-corrected chi connectivity index (χ0v) is 14.4. The summed E-state index contributed by atoms with van der Waals surface area (Å²) in [6, 6.07) is 9.49. The van der Waals surface area contributed by atoms with Gasteiger partial charge in [-0.05, 0) is 18.2 Å². The van der Waals surface area contributed by atoms with Crippen LogP contribution >= 0.6 is 0 Å². The van der Waals surface area contributed by atoms with Gasteiger partial charge in [-0.3, -0.25) is 14.9 Å². The van der Waals surface area contributed by atoms with Gasteiger partial charge >= 0.3 is 12.4 Å². The van der Waals surface area contributed by atoms with Crippen LogP contribution in [0.4, 0.5) is 32.0 Å². The number of fused-ring (bicyclic) bond motifs is 1. The molecule has 1 atom stereocenters. The molecule has 0 fully saturated rings. The van der Waals surface area contributed by atoms with Crippen LogP contribution in [0.15, 0.2) is 54.6 Å². The predicted octanol–water partition coefficient (Wildman–Crippen LogP) is 3.52. The first-order valence-corrected chi connectivity index (χ1v) is 8.15. The summed E-state index contributed by atoms with van der Waals surface area (Å²) in [6.07, 6.45) is -12.0. The molecular formula is C18H13F6N3O2. The molecule has 1 aliphatic heterocycles. The highest BCUT2D eigenvalue weighted by molar-refractivity contribution is 6.02. The van der Waals surface area contributed by atoms with Crippen LogP contribution in [0.2, 0.25) is 0 Å². The molecule has 5 nitrogen and oxygen atoms in total. The maximum Gasteiger partial charge on any atom is 0.434 e. The van der Waals surface area contributed by atoms with E-state index in [0.717, 1.165) is 17.4 Å². The molecule has 1 unspecified atom stereocenters. The van der Waals surface area contributed by atoms with E-state index in [-0.39, 0.29) is 11.3 Å². The fourth-order valence-corrected chi connectivity index (χ4v) is 2.90. The van der Waals surface area contributed by atoms with Crippen LogP contribution < -0.4 is 16.0 Å². The lowest BCUT2D eigenvalue weighted by Gasteiger charge is -2.39. The minimum Gasteiger partial charge on any atom is -0.324 e. The highest BCUT2D eigenvalue weighted by Gasteiger charge is 2.73. The molecule has 29 heavy (non-hydrogen) atoms. The number of benzene rings is 2. The number of carbonyl (C=O) groups excluding carboxylic acids is 2. The lowest BCUT2D eigenvalue weighted by Crippen LogP contribution is -2.76. The molecule has 0 saturated heterocycles. The maximum absolute atomic E-state index is 13.8. The van der Waals surface area contributed by atoms with Gasteiger partial charge in [0.15, 0.2) is 0 Å². The minimum atomic E-state index is -6.02. The highest BCUT2D eigenvalue weighted by atomic mass is 19.4. The average Bonchev–Trinajstić information content (AvgIpc) is 2.95. The lowest BCUT2D eigenvalue weighted by molar-refractivity contribution is -0.315. The first-order valence-electron chi connectivity index (χ1n) is 8.15. The van der Waals surface area contributed by atoms with Crippen molar-refractivity contribution in [1.29, 1.82) is 0 Å². The Balaban J connectivity index is 2.06. The first kappa shape index (κ1) is 20.6. The SMILES string of the molecule is O=C(NC(NC1C(=O)Nc2ccccc21)(C(F)(F)F)C(F)(F)F)c1ccccc1. The molecule has 3 N–H and O–H groups in total. The highest BCUT2D eigenvalue weighted by Crippen LogP contribution is 2.44. The Labute approximate surface area is 160 Å². The molecule has 2 amide bonds. The van der Waals surface area contributed by atoms with Gasteiger partial charge in [-0.1, -0.05) is 36.4 Å². The summed E-state index contributed by atoms with van der Waals surface area (Å²) in [7, 11) is 0. The van der Waals surface area contributed by atoms with E-state index >= 15 is 0 Å². The van der Waals surface area contributed by atoms with E-state index in [4.69, 9.17) is 0 Å². The second kappa shape index (κ2) is 7.07. The van der Waals surface area contributed by atoms with Gasteiger partial charge in [0.25, 0.3) is 11.6 Å². The first-order chi connectivity index (χ1) is 13.5. The van der Waals surface area contributed by atoms with Gasteiger partial charge in [0.2, 0.25) is 5.91 Å². The largest absolute Gasteiger partial charge is 0.434 e. The van der Waals surface area contributed by atoms with Crippen molar-refractivity contribution in [3.63, 3.8) is 0 Å². The Morgan fingerprint density at radius 3 is 2.00 bits per heavy atom. The molecule has 154 valence electrons. The van der Waals surface area contributed by atoms with Gasteiger partial charge in [0.1, 0.15) is 6.04 Å². The van der Waals surface area contributed by atoms with E-state index in [1.807, 2.05) is 0 Å². The van der Waals surface area contributed by atoms with Crippen LogP contribution in [0.25, 0.3) is 0 Å². The predicted molar refractivity (Wildman–Crippen MR) is 89.7 cm³/mol. The topological polar surface area (TPSA) is 70.2 Å². The third-order valence-electron chi connectivity index (χ3n) is 4.34. The molecule has 3 rings (SSSR count). The molecule has 1 heterocycles. The Morgan fingerprint density at radius 2 is 1.41 bits per heavy atom. The molecule has 0 spiro atoms. The van der Waals surface area contributed by atoms with Crippen molar-refractivity contribution in [1.82, 2.24) is 10.6 Å². The van der Waals surface area contributed by atoms with Crippen molar-refractivity contribution < 1.29 is 35.9 Å². The van der Waals surface area contributed by atoms with Crippen molar-refractivity contribution in [3.05, 3.63) is 65.7 Å². The molecule has 0 aliphatic carbocycles. The number of carbonyl (C=O) groups is 2. The Hall–Kier alpha value is -3.08. The fraction of sp³-hybridized carbons (Fsp3) is 0.222. The summed E-state index contributed by atoms with van der Waals surface area (Å²) < 4.78 is 82.6. The van der Waals surface area contributed by atoms with Crippen LogP contribution in [0, 0.1) is 0 Å². The van der Waals surface area contributed by atoms with E-state index < -0.39 is 41.4 Å². The summed E-state index contributed by atoms with van der Waals surface area (Å²) in [5.41, 5.74) is -5.32. The Kier molecular flexibility index (Phi) is 5.03. The van der Waals surface area contributed by atoms with Gasteiger partial charge in [-0.15, -0.1) is 0 Å². The van der Waals surface area contributed by atoms with Gasteiger partial charge in [0, 0.05) is 16.8 Å². The Bertz CT molecular complexity index is 913. The lowest BCUT2D eigenvalue weighted by atomic mass is 10.0. The number of amides is 2. The number of halogens is 6. The van der Waals surface area contributed by atoms with Gasteiger partial charge in [-0.25, -0.2) is 0 Å². The third-order valence-corrected chi connectivity index (χ3v) is 4.34. The number of para-hydroxylation sites is 1. The molecular weight excluding hydrogens is 404 g/mol. The van der Waals surface area contributed by atoms with E-state index in [1.165, 1.54) is 47.8 Å². The van der Waals surface area contributed by atoms with Crippen molar-refractivity contribution >= 4 is 17.5 Å². The van der Waals surface area contributed by atoms with Crippen LogP contribution in [0.5, 0.6) is 0 Å². The zero-order valence-electron chi connectivity index (χ0n) is 14.4. The van der Waals surface area contributed by atoms with Crippen LogP contribution in [0.3, 0.4) is 0 Å². The molecule has 0 aromatic heterocycles. The maximum atomic E-state index is 13.8. The standard InChI is InChI=1S/C18H13F6N3O2/c19-17(20,21)16(18(22,23)24,27-14(28)10-6-2-1-3-7-10)26-13-11-8-4-5-9-12(11)25-15(13)29/h1-9,13,26H,(H,25,29)(H,27,28). The number of rotatable bonds is 4. The smallest absolute Gasteiger partial charge is 0.324 e. The number of hydrogen-bond acceptors (Lipinski definition) is 3. The quantitative estimate of drug-likeness (QED) is 0.527. The number of alkyl halides is 6. The summed E-state index contributed by atoms with van der Waals surface area (Å²) in [5.74, 6) is -2.72. The molecule has 0 radical (unpaired) electrons. The summed E-state index contributed by atoms with van der Waals surface area (Å²) in [4.78, 5) is 24.3. The van der Waals surface area contributed by atoms with E-state index in [1.54, 1.807) is 0 Å². The van der Waals surface area contributed by atoms with Crippen molar-refractivity contribution in [3.8, 4) is 0 Å². The number of nitrogens with one attached hydrogen (secondary N) is 3. The van der Waals surface area contributed by atoms with Crippen molar-refractivity contribution in [2.45, 2.75) is 24.1 Å². The normalized spacial score (nSPS) is 16.9. The molecule has 0 bridgehead atoms. The molecule has 1 aliphatic rings. The van der Waals surface area contributed by atoms with Crippen LogP contribution in [-0.4, -0.2) is 29.8 Å². The van der Waals surface area contributed by atoms with Crippen molar-refractivity contribution in [2.24, 2.45) is 0 Å². The average molecular weight is 417 g/mol. The fourth-order valence-electron chi connectivity index (χ4n) is 2.90. The molecule has 0 saturated carbocycles. The second-order valence-corrected chi connectivity index (χ2v) is 6.22. The zero-order chi connectivity index (χ0) is 21.4. The summed E-state index contributed by atoms with van der Waals surface area (Å²) >= 11 is 0. The molecule has 2 aromatic carbocycles. The summed E-state index contributed by atoms with van der Waals surface area (Å²) in [5, 5.41) is 4.56. The summed E-state index contributed by atoms with van der Waals surface area (Å²) in [6.45, 7) is 0. The van der Waals surface area contributed by atoms with E-state index in [0.29, 0.717) is 0 Å². The van der Waals surface area contributed by atoms with Gasteiger partial charge in [0.05, 0.1) is 0 Å². The number of anilines is 1. The van der Waals surface area contributed by atoms with E-state index in [9.17, 15) is 35.9 Å². The minimum absolute atomic E-state index is 0.0719. The van der Waals surface area contributed by atoms with Crippen LogP contribution in [-0.2, 0) is 4.79 Å². The monoisotopic (exact) mass is 417 g/mol. The van der Waals surface area contributed by atoms with Crippen molar-refractivity contribution in [2.75, 3.05) is 5.32 Å². The second-order valence-electron chi connectivity index (χ2n) is 6.22. The van der Waals surface area contributed by atoms with Gasteiger partial charge < -0.3 is 10.6 Å². The van der Waals surface area contributed by atoms with Crippen LogP contribution in [0.1, 0.15) is 22.0 Å². The Morgan fingerprint density at radius 1 is 0.862 bits per heavy atom. The molecule has 11 heteroatoms. The number of hydrogen-bond donors (Lipinski definition) is 3. The third kappa shape index (κ3) is 3.65. The van der Waals surface area contributed by atoms with E-state index in [2.05, 4.69) is 5.32 Å². The van der Waals surface area contributed by atoms with Gasteiger partial charge in [-0.2, -0.15) is 26.3 Å². The molecule has 2 aromatic rings.